The van der Waals surface area contributed by atoms with Crippen LogP contribution in [0.4, 0.5) is 11.4 Å². The average molecular weight is 388 g/mol. The number of anilines is 2. The van der Waals surface area contributed by atoms with Crippen LogP contribution in [0.15, 0.2) is 45.8 Å². The lowest BCUT2D eigenvalue weighted by atomic mass is 10.2. The van der Waals surface area contributed by atoms with Crippen molar-refractivity contribution in [3.63, 3.8) is 0 Å². The Labute approximate surface area is 136 Å². The Balaban J connectivity index is 1.95. The van der Waals surface area contributed by atoms with E-state index < -0.39 is 10.0 Å². The Hall–Kier alpha value is -1.24. The molecule has 2 N–H and O–H groups in total. The highest BCUT2D eigenvalue weighted by Crippen LogP contribution is 2.30. The minimum Gasteiger partial charge on any atom is -0.384 e. The van der Waals surface area contributed by atoms with Gasteiger partial charge >= 0.3 is 0 Å². The van der Waals surface area contributed by atoms with E-state index >= 15 is 0 Å². The maximum absolute atomic E-state index is 12.5. The fourth-order valence-electron chi connectivity index (χ4n) is 2.23. The quantitative estimate of drug-likeness (QED) is 0.840. The molecule has 1 aliphatic rings. The second kappa shape index (κ2) is 5.51. The van der Waals surface area contributed by atoms with E-state index in [2.05, 4.69) is 26.0 Å². The molecule has 21 heavy (non-hydrogen) atoms. The molecule has 0 amide bonds. The number of halogens is 2. The van der Waals surface area contributed by atoms with Gasteiger partial charge in [-0.1, -0.05) is 27.5 Å². The zero-order valence-electron chi connectivity index (χ0n) is 10.9. The van der Waals surface area contributed by atoms with Crippen molar-refractivity contribution in [3.05, 3.63) is 51.5 Å². The maximum atomic E-state index is 12.5. The van der Waals surface area contributed by atoms with E-state index in [0.717, 1.165) is 28.7 Å². The van der Waals surface area contributed by atoms with Gasteiger partial charge in [0.2, 0.25) is 0 Å². The highest BCUT2D eigenvalue weighted by Gasteiger charge is 2.19. The molecule has 0 unspecified atom stereocenters. The lowest BCUT2D eigenvalue weighted by Crippen LogP contribution is -2.13. The fourth-order valence-corrected chi connectivity index (χ4v) is 3.93. The third-order valence-corrected chi connectivity index (χ3v) is 5.46. The summed E-state index contributed by atoms with van der Waals surface area (Å²) >= 11 is 9.32. The van der Waals surface area contributed by atoms with Crippen LogP contribution in [0.2, 0.25) is 5.02 Å². The monoisotopic (exact) mass is 386 g/mol. The van der Waals surface area contributed by atoms with Gasteiger partial charge in [-0.15, -0.1) is 0 Å². The number of hydrogen-bond donors (Lipinski definition) is 2. The van der Waals surface area contributed by atoms with Crippen molar-refractivity contribution in [2.75, 3.05) is 16.6 Å². The van der Waals surface area contributed by atoms with Gasteiger partial charge < -0.3 is 5.32 Å². The largest absolute Gasteiger partial charge is 0.384 e. The van der Waals surface area contributed by atoms with Crippen molar-refractivity contribution in [1.82, 2.24) is 0 Å². The minimum atomic E-state index is -3.66. The number of benzene rings is 2. The summed E-state index contributed by atoms with van der Waals surface area (Å²) in [5.41, 5.74) is 2.36. The van der Waals surface area contributed by atoms with Crippen LogP contribution in [-0.4, -0.2) is 15.0 Å². The smallest absolute Gasteiger partial charge is 0.261 e. The summed E-state index contributed by atoms with van der Waals surface area (Å²) in [6.07, 6.45) is 0.830. The first-order valence-corrected chi connectivity index (χ1v) is 8.96. The van der Waals surface area contributed by atoms with Gasteiger partial charge in [0, 0.05) is 16.7 Å². The summed E-state index contributed by atoms with van der Waals surface area (Å²) < 4.78 is 28.2. The first-order valence-electron chi connectivity index (χ1n) is 6.30. The lowest BCUT2D eigenvalue weighted by Gasteiger charge is -2.11. The van der Waals surface area contributed by atoms with E-state index in [1.165, 1.54) is 0 Å². The number of rotatable bonds is 3. The molecule has 0 saturated heterocycles. The summed E-state index contributed by atoms with van der Waals surface area (Å²) in [7, 11) is -3.66. The molecule has 1 heterocycles. The third kappa shape index (κ3) is 3.02. The van der Waals surface area contributed by atoms with Crippen LogP contribution in [0.5, 0.6) is 0 Å². The van der Waals surface area contributed by atoms with Crippen LogP contribution >= 0.6 is 27.5 Å². The molecule has 7 heteroatoms. The first-order chi connectivity index (χ1) is 9.95. The van der Waals surface area contributed by atoms with Crippen molar-refractivity contribution >= 4 is 48.9 Å². The molecule has 0 saturated carbocycles. The first kappa shape index (κ1) is 14.7. The second-order valence-electron chi connectivity index (χ2n) is 4.73. The molecule has 0 aromatic heterocycles. The molecule has 0 atom stereocenters. The molecule has 110 valence electrons. The number of sulfonamides is 1. The summed E-state index contributed by atoms with van der Waals surface area (Å²) in [5, 5.41) is 3.55. The summed E-state index contributed by atoms with van der Waals surface area (Å²) in [6, 6.07) is 10.1. The fraction of sp³-hybridized carbons (Fsp3) is 0.143. The van der Waals surface area contributed by atoms with Gasteiger partial charge in [-0.3, -0.25) is 4.72 Å². The van der Waals surface area contributed by atoms with Gasteiger partial charge in [-0.25, -0.2) is 8.42 Å². The second-order valence-corrected chi connectivity index (χ2v) is 7.73. The third-order valence-electron chi connectivity index (χ3n) is 3.27. The van der Waals surface area contributed by atoms with Gasteiger partial charge in [-0.2, -0.15) is 0 Å². The van der Waals surface area contributed by atoms with Crippen LogP contribution < -0.4 is 10.0 Å². The maximum Gasteiger partial charge on any atom is 0.261 e. The molecule has 0 radical (unpaired) electrons. The molecular formula is C14H12BrClN2O2S. The standard InChI is InChI=1S/C14H12BrClN2O2S/c15-10-1-3-12(16)14(8-10)18-21(19,20)11-2-4-13-9(7-11)5-6-17-13/h1-4,7-8,17-18H,5-6H2. The predicted molar refractivity (Wildman–Crippen MR) is 88.6 cm³/mol. The number of hydrogen-bond acceptors (Lipinski definition) is 3. The Kier molecular flexibility index (Phi) is 3.86. The average Bonchev–Trinajstić information content (AvgIpc) is 2.90. The summed E-state index contributed by atoms with van der Waals surface area (Å²) in [6.45, 7) is 0.837. The molecule has 2 aromatic rings. The Morgan fingerprint density at radius 2 is 2.00 bits per heavy atom. The molecule has 1 aliphatic heterocycles. The predicted octanol–water partition coefficient (Wildman–Crippen LogP) is 3.87. The lowest BCUT2D eigenvalue weighted by molar-refractivity contribution is 0.601. The zero-order chi connectivity index (χ0) is 15.0. The van der Waals surface area contributed by atoms with Crippen molar-refractivity contribution in [3.8, 4) is 0 Å². The molecule has 0 fully saturated rings. The van der Waals surface area contributed by atoms with E-state index in [4.69, 9.17) is 11.6 Å². The highest BCUT2D eigenvalue weighted by molar-refractivity contribution is 9.10. The molecule has 0 bridgehead atoms. The Morgan fingerprint density at radius 3 is 2.81 bits per heavy atom. The van der Waals surface area contributed by atoms with Gasteiger partial charge in [0.15, 0.2) is 0 Å². The minimum absolute atomic E-state index is 0.237. The van der Waals surface area contributed by atoms with Crippen molar-refractivity contribution in [2.45, 2.75) is 11.3 Å². The normalized spacial score (nSPS) is 13.6. The van der Waals surface area contributed by atoms with E-state index in [1.807, 2.05) is 0 Å². The van der Waals surface area contributed by atoms with E-state index in [-0.39, 0.29) is 4.90 Å². The van der Waals surface area contributed by atoms with Crippen molar-refractivity contribution in [1.29, 1.82) is 0 Å². The van der Waals surface area contributed by atoms with Gasteiger partial charge in [0.25, 0.3) is 10.0 Å². The van der Waals surface area contributed by atoms with Gasteiger partial charge in [0.1, 0.15) is 0 Å². The topological polar surface area (TPSA) is 58.2 Å². The van der Waals surface area contributed by atoms with E-state index in [0.29, 0.717) is 10.7 Å². The molecule has 2 aromatic carbocycles. The van der Waals surface area contributed by atoms with Gasteiger partial charge in [-0.05, 0) is 48.4 Å². The van der Waals surface area contributed by atoms with Crippen LogP contribution in [0.3, 0.4) is 0 Å². The summed E-state index contributed by atoms with van der Waals surface area (Å²) in [4.78, 5) is 0.237. The Bertz CT molecular complexity index is 809. The van der Waals surface area contributed by atoms with E-state index in [9.17, 15) is 8.42 Å². The van der Waals surface area contributed by atoms with Crippen molar-refractivity contribution in [2.24, 2.45) is 0 Å². The summed E-state index contributed by atoms with van der Waals surface area (Å²) in [5.74, 6) is 0. The number of fused-ring (bicyclic) bond motifs is 1. The highest BCUT2D eigenvalue weighted by atomic mass is 79.9. The van der Waals surface area contributed by atoms with Gasteiger partial charge in [0.05, 0.1) is 15.6 Å². The molecule has 0 aliphatic carbocycles. The molecule has 4 nitrogen and oxygen atoms in total. The van der Waals surface area contributed by atoms with Crippen LogP contribution in [0.1, 0.15) is 5.56 Å². The van der Waals surface area contributed by atoms with Crippen molar-refractivity contribution < 1.29 is 8.42 Å². The SMILES string of the molecule is O=S(=O)(Nc1cc(Br)ccc1Cl)c1ccc2c(c1)CCN2. The van der Waals surface area contributed by atoms with E-state index in [1.54, 1.807) is 36.4 Å². The van der Waals surface area contributed by atoms with Crippen LogP contribution in [-0.2, 0) is 16.4 Å². The molecule has 3 rings (SSSR count). The molecule has 0 spiro atoms. The zero-order valence-corrected chi connectivity index (χ0v) is 14.0. The van der Waals surface area contributed by atoms with Crippen LogP contribution in [0.25, 0.3) is 0 Å². The van der Waals surface area contributed by atoms with Crippen LogP contribution in [0, 0.1) is 0 Å². The molecular weight excluding hydrogens is 376 g/mol. The Morgan fingerprint density at radius 1 is 1.19 bits per heavy atom. The number of nitrogens with one attached hydrogen (secondary N) is 2.